The lowest BCUT2D eigenvalue weighted by Gasteiger charge is -2.15. The Morgan fingerprint density at radius 2 is 1.76 bits per heavy atom. The molecule has 0 saturated carbocycles. The zero-order chi connectivity index (χ0) is 15.4. The number of nitrogens with zero attached hydrogens (tertiary/aromatic N) is 2. The fourth-order valence-corrected chi connectivity index (χ4v) is 2.56. The van der Waals surface area contributed by atoms with E-state index < -0.39 is 5.82 Å². The molecule has 1 aromatic carbocycles. The molecule has 4 nitrogen and oxygen atoms in total. The van der Waals surface area contributed by atoms with Crippen LogP contribution >= 0.6 is 23.2 Å². The first-order valence-corrected chi connectivity index (χ1v) is 7.25. The van der Waals surface area contributed by atoms with Crippen molar-refractivity contribution in [1.82, 2.24) is 9.97 Å². The van der Waals surface area contributed by atoms with Gasteiger partial charge in [0.05, 0.1) is 15.7 Å². The second kappa shape index (κ2) is 6.91. The van der Waals surface area contributed by atoms with Gasteiger partial charge in [-0.3, -0.25) is 0 Å². The van der Waals surface area contributed by atoms with Gasteiger partial charge in [0.1, 0.15) is 23.8 Å². The zero-order valence-corrected chi connectivity index (χ0v) is 13.2. The Balaban J connectivity index is 2.44. The number of halogens is 3. The molecule has 0 atom stereocenters. The summed E-state index contributed by atoms with van der Waals surface area (Å²) in [6.07, 6.45) is 3.16. The largest absolute Gasteiger partial charge is 0.373 e. The summed E-state index contributed by atoms with van der Waals surface area (Å²) >= 11 is 12.1. The van der Waals surface area contributed by atoms with Gasteiger partial charge in [-0.2, -0.15) is 0 Å². The standard InChI is InChI=1S/C14H15Cl2FN4/c1-3-4-9-13(18-2)19-7-20-14(9)21-12-10(15)5-8(17)6-11(12)16/h5-7H,3-4H2,1-2H3,(H2,18,19,20,21). The molecule has 0 aliphatic heterocycles. The molecule has 2 N–H and O–H groups in total. The van der Waals surface area contributed by atoms with Crippen molar-refractivity contribution >= 4 is 40.5 Å². The summed E-state index contributed by atoms with van der Waals surface area (Å²) in [5.41, 5.74) is 1.36. The van der Waals surface area contributed by atoms with E-state index in [4.69, 9.17) is 23.2 Å². The molecule has 2 aromatic rings. The highest BCUT2D eigenvalue weighted by molar-refractivity contribution is 6.39. The lowest BCUT2D eigenvalue weighted by molar-refractivity contribution is 0.628. The second-order valence-electron chi connectivity index (χ2n) is 4.42. The van der Waals surface area contributed by atoms with E-state index in [1.807, 2.05) is 0 Å². The first-order chi connectivity index (χ1) is 10.1. The van der Waals surface area contributed by atoms with E-state index in [1.165, 1.54) is 18.5 Å². The van der Waals surface area contributed by atoms with Gasteiger partial charge in [0.25, 0.3) is 0 Å². The molecule has 0 radical (unpaired) electrons. The summed E-state index contributed by atoms with van der Waals surface area (Å²) in [7, 11) is 1.79. The predicted octanol–water partition coefficient (Wildman–Crippen LogP) is 4.66. The Bertz CT molecular complexity index is 626. The molecule has 0 aliphatic rings. The molecule has 112 valence electrons. The average Bonchev–Trinajstić information content (AvgIpc) is 2.44. The average molecular weight is 329 g/mol. The van der Waals surface area contributed by atoms with Crippen LogP contribution in [0.15, 0.2) is 18.5 Å². The maximum atomic E-state index is 13.2. The number of anilines is 3. The van der Waals surface area contributed by atoms with Crippen LogP contribution in [0.2, 0.25) is 10.0 Å². The Morgan fingerprint density at radius 1 is 1.14 bits per heavy atom. The van der Waals surface area contributed by atoms with Crippen LogP contribution in [-0.2, 0) is 6.42 Å². The van der Waals surface area contributed by atoms with Crippen LogP contribution in [0.5, 0.6) is 0 Å². The molecular formula is C14H15Cl2FN4. The van der Waals surface area contributed by atoms with Crippen LogP contribution in [0, 0.1) is 5.82 Å². The SMILES string of the molecule is CCCc1c(NC)ncnc1Nc1c(Cl)cc(F)cc1Cl. The zero-order valence-electron chi connectivity index (χ0n) is 11.7. The minimum atomic E-state index is -0.483. The van der Waals surface area contributed by atoms with Crippen LogP contribution in [0.1, 0.15) is 18.9 Å². The van der Waals surface area contributed by atoms with E-state index >= 15 is 0 Å². The lowest BCUT2D eigenvalue weighted by Crippen LogP contribution is -2.06. The van der Waals surface area contributed by atoms with Crippen LogP contribution in [0.3, 0.4) is 0 Å². The predicted molar refractivity (Wildman–Crippen MR) is 85.3 cm³/mol. The fraction of sp³-hybridized carbons (Fsp3) is 0.286. The van der Waals surface area contributed by atoms with Crippen molar-refractivity contribution in [2.75, 3.05) is 17.7 Å². The Labute approximate surface area is 132 Å². The number of benzene rings is 1. The molecule has 21 heavy (non-hydrogen) atoms. The molecule has 0 spiro atoms. The molecule has 0 bridgehead atoms. The highest BCUT2D eigenvalue weighted by atomic mass is 35.5. The topological polar surface area (TPSA) is 49.8 Å². The molecule has 7 heteroatoms. The number of hydrogen-bond acceptors (Lipinski definition) is 4. The van der Waals surface area contributed by atoms with Gasteiger partial charge in [-0.15, -0.1) is 0 Å². The molecule has 2 rings (SSSR count). The molecular weight excluding hydrogens is 314 g/mol. The minimum absolute atomic E-state index is 0.201. The van der Waals surface area contributed by atoms with Crippen molar-refractivity contribution < 1.29 is 4.39 Å². The number of hydrogen-bond donors (Lipinski definition) is 2. The Morgan fingerprint density at radius 3 is 2.33 bits per heavy atom. The van der Waals surface area contributed by atoms with Gasteiger partial charge in [0, 0.05) is 12.6 Å². The van der Waals surface area contributed by atoms with Gasteiger partial charge < -0.3 is 10.6 Å². The van der Waals surface area contributed by atoms with E-state index in [9.17, 15) is 4.39 Å². The van der Waals surface area contributed by atoms with Crippen molar-refractivity contribution in [1.29, 1.82) is 0 Å². The molecule has 1 aromatic heterocycles. The van der Waals surface area contributed by atoms with E-state index in [1.54, 1.807) is 7.05 Å². The summed E-state index contributed by atoms with van der Waals surface area (Å²) in [5, 5.41) is 6.50. The second-order valence-corrected chi connectivity index (χ2v) is 5.23. The highest BCUT2D eigenvalue weighted by Gasteiger charge is 2.14. The van der Waals surface area contributed by atoms with Crippen LogP contribution in [0.4, 0.5) is 21.7 Å². The van der Waals surface area contributed by atoms with Crippen LogP contribution < -0.4 is 10.6 Å². The van der Waals surface area contributed by atoms with Crippen molar-refractivity contribution in [2.45, 2.75) is 19.8 Å². The summed E-state index contributed by atoms with van der Waals surface area (Å²) in [6, 6.07) is 2.41. The summed E-state index contributed by atoms with van der Waals surface area (Å²) < 4.78 is 13.2. The summed E-state index contributed by atoms with van der Waals surface area (Å²) in [5.74, 6) is 0.859. The monoisotopic (exact) mass is 328 g/mol. The van der Waals surface area contributed by atoms with Crippen molar-refractivity contribution in [2.24, 2.45) is 0 Å². The van der Waals surface area contributed by atoms with Crippen LogP contribution in [0.25, 0.3) is 0 Å². The van der Waals surface area contributed by atoms with E-state index in [-0.39, 0.29) is 10.0 Å². The summed E-state index contributed by atoms with van der Waals surface area (Å²) in [4.78, 5) is 8.42. The first-order valence-electron chi connectivity index (χ1n) is 6.50. The maximum absolute atomic E-state index is 13.2. The van der Waals surface area contributed by atoms with E-state index in [0.29, 0.717) is 11.5 Å². The Kier molecular flexibility index (Phi) is 5.20. The minimum Gasteiger partial charge on any atom is -0.373 e. The Hall–Kier alpha value is -1.59. The molecule has 0 unspecified atom stereocenters. The fourth-order valence-electron chi connectivity index (χ4n) is 2.00. The number of nitrogens with one attached hydrogen (secondary N) is 2. The van der Waals surface area contributed by atoms with E-state index in [0.717, 1.165) is 24.2 Å². The van der Waals surface area contributed by atoms with Gasteiger partial charge in [-0.1, -0.05) is 36.5 Å². The number of rotatable bonds is 5. The summed E-state index contributed by atoms with van der Waals surface area (Å²) in [6.45, 7) is 2.06. The molecule has 1 heterocycles. The quantitative estimate of drug-likeness (QED) is 0.838. The molecule has 0 fully saturated rings. The van der Waals surface area contributed by atoms with Gasteiger partial charge >= 0.3 is 0 Å². The van der Waals surface area contributed by atoms with Crippen molar-refractivity contribution in [3.63, 3.8) is 0 Å². The molecule has 0 amide bonds. The lowest BCUT2D eigenvalue weighted by atomic mass is 10.1. The third kappa shape index (κ3) is 3.54. The number of aromatic nitrogens is 2. The highest BCUT2D eigenvalue weighted by Crippen LogP contribution is 2.35. The molecule has 0 saturated heterocycles. The third-order valence-electron chi connectivity index (χ3n) is 2.93. The van der Waals surface area contributed by atoms with E-state index in [2.05, 4.69) is 27.5 Å². The molecule has 0 aliphatic carbocycles. The van der Waals surface area contributed by atoms with Gasteiger partial charge in [-0.05, 0) is 18.6 Å². The van der Waals surface area contributed by atoms with Gasteiger partial charge in [-0.25, -0.2) is 14.4 Å². The van der Waals surface area contributed by atoms with Crippen LogP contribution in [-0.4, -0.2) is 17.0 Å². The smallest absolute Gasteiger partial charge is 0.139 e. The van der Waals surface area contributed by atoms with Gasteiger partial charge in [0.15, 0.2) is 0 Å². The van der Waals surface area contributed by atoms with Crippen molar-refractivity contribution in [3.8, 4) is 0 Å². The maximum Gasteiger partial charge on any atom is 0.139 e. The van der Waals surface area contributed by atoms with Gasteiger partial charge in [0.2, 0.25) is 0 Å². The third-order valence-corrected chi connectivity index (χ3v) is 3.53. The normalized spacial score (nSPS) is 10.5. The first kappa shape index (κ1) is 15.8. The van der Waals surface area contributed by atoms with Crippen molar-refractivity contribution in [3.05, 3.63) is 39.9 Å².